The van der Waals surface area contributed by atoms with E-state index in [9.17, 15) is 31.7 Å². The van der Waals surface area contributed by atoms with Gasteiger partial charge in [-0.05, 0) is 18.6 Å². The van der Waals surface area contributed by atoms with E-state index in [-0.39, 0.29) is 6.42 Å². The maximum absolute atomic E-state index is 12.2. The Hall–Kier alpha value is -1.55. The van der Waals surface area contributed by atoms with Crippen LogP contribution in [-0.2, 0) is 15.5 Å². The van der Waals surface area contributed by atoms with E-state index in [1.165, 1.54) is 6.92 Å². The van der Waals surface area contributed by atoms with Crippen molar-refractivity contribution in [3.63, 3.8) is 0 Å². The lowest BCUT2D eigenvalue weighted by molar-refractivity contribution is -0.389. The topological polar surface area (TPSA) is 86.5 Å². The molecule has 1 rings (SSSR count). The highest BCUT2D eigenvalue weighted by Gasteiger charge is 2.37. The first kappa shape index (κ1) is 16.5. The van der Waals surface area contributed by atoms with Gasteiger partial charge in [0, 0.05) is 10.7 Å². The number of nitro groups is 1. The van der Waals surface area contributed by atoms with Crippen LogP contribution in [0.3, 0.4) is 0 Å². The zero-order chi connectivity index (χ0) is 15.7. The van der Waals surface area contributed by atoms with Gasteiger partial charge in [-0.15, -0.1) is 13.2 Å². The Labute approximate surface area is 115 Å². The SMILES string of the molecule is CCc1c(S(=O)(=O)Cl)ccc(OC(F)(F)F)c1[N+](=O)[O-]. The molecule has 0 aliphatic carbocycles. The normalized spacial score (nSPS) is 12.2. The zero-order valence-electron chi connectivity index (χ0n) is 9.77. The Morgan fingerprint density at radius 1 is 1.40 bits per heavy atom. The fraction of sp³-hybridized carbons (Fsp3) is 0.333. The van der Waals surface area contributed by atoms with Gasteiger partial charge < -0.3 is 4.74 Å². The van der Waals surface area contributed by atoms with E-state index in [0.29, 0.717) is 6.07 Å². The maximum Gasteiger partial charge on any atom is 0.573 e. The average molecular weight is 334 g/mol. The van der Waals surface area contributed by atoms with Crippen molar-refractivity contribution in [2.24, 2.45) is 0 Å². The standard InChI is InChI=1S/C9H7ClF3NO5S/c1-2-5-7(20(10,17)18)4-3-6(8(5)14(15)16)19-9(11,12)13/h3-4H,2H2,1H3. The summed E-state index contributed by atoms with van der Waals surface area (Å²) in [6.45, 7) is 1.34. The molecule has 0 atom stereocenters. The van der Waals surface area contributed by atoms with Crippen molar-refractivity contribution in [1.82, 2.24) is 0 Å². The van der Waals surface area contributed by atoms with E-state index in [4.69, 9.17) is 10.7 Å². The lowest BCUT2D eigenvalue weighted by atomic mass is 10.1. The highest BCUT2D eigenvalue weighted by molar-refractivity contribution is 8.13. The molecule has 0 unspecified atom stereocenters. The second kappa shape index (κ2) is 5.44. The van der Waals surface area contributed by atoms with Crippen molar-refractivity contribution in [3.05, 3.63) is 27.8 Å². The molecule has 112 valence electrons. The molecule has 0 saturated carbocycles. The van der Waals surface area contributed by atoms with Gasteiger partial charge >= 0.3 is 12.0 Å². The molecule has 11 heteroatoms. The predicted molar refractivity (Wildman–Crippen MR) is 62.2 cm³/mol. The molecule has 0 spiro atoms. The molecular weight excluding hydrogens is 327 g/mol. The van der Waals surface area contributed by atoms with Crippen LogP contribution in [0, 0.1) is 10.1 Å². The minimum Gasteiger partial charge on any atom is -0.398 e. The van der Waals surface area contributed by atoms with Crippen LogP contribution >= 0.6 is 10.7 Å². The summed E-state index contributed by atoms with van der Waals surface area (Å²) in [6.07, 6.45) is -5.36. The molecular formula is C9H7ClF3NO5S. The molecule has 0 aliphatic heterocycles. The maximum atomic E-state index is 12.2. The first-order chi connectivity index (χ1) is 8.97. The van der Waals surface area contributed by atoms with Crippen LogP contribution < -0.4 is 4.74 Å². The van der Waals surface area contributed by atoms with E-state index in [1.807, 2.05) is 0 Å². The van der Waals surface area contributed by atoms with Crippen molar-refractivity contribution in [3.8, 4) is 5.75 Å². The van der Waals surface area contributed by atoms with Gasteiger partial charge in [-0.25, -0.2) is 8.42 Å². The fourth-order valence-electron chi connectivity index (χ4n) is 1.57. The summed E-state index contributed by atoms with van der Waals surface area (Å²) in [4.78, 5) is 9.12. The summed E-state index contributed by atoms with van der Waals surface area (Å²) in [5.74, 6) is -1.09. The lowest BCUT2D eigenvalue weighted by Gasteiger charge is -2.12. The number of hydrogen-bond donors (Lipinski definition) is 0. The van der Waals surface area contributed by atoms with Crippen LogP contribution in [0.15, 0.2) is 17.0 Å². The van der Waals surface area contributed by atoms with Crippen LogP contribution in [0.5, 0.6) is 5.75 Å². The number of ether oxygens (including phenoxy) is 1. The van der Waals surface area contributed by atoms with Crippen molar-refractivity contribution < 1.29 is 31.2 Å². The second-order valence-electron chi connectivity index (χ2n) is 3.49. The molecule has 0 heterocycles. The average Bonchev–Trinajstić information content (AvgIpc) is 2.23. The third kappa shape index (κ3) is 3.73. The van der Waals surface area contributed by atoms with E-state index >= 15 is 0 Å². The number of benzene rings is 1. The Morgan fingerprint density at radius 3 is 2.30 bits per heavy atom. The van der Waals surface area contributed by atoms with Gasteiger partial charge in [-0.3, -0.25) is 10.1 Å². The molecule has 6 nitrogen and oxygen atoms in total. The molecule has 0 aromatic heterocycles. The number of nitro benzene ring substituents is 1. The molecule has 0 amide bonds. The summed E-state index contributed by atoms with van der Waals surface area (Å²) in [5, 5.41) is 10.9. The van der Waals surface area contributed by atoms with Crippen molar-refractivity contribution in [1.29, 1.82) is 0 Å². The van der Waals surface area contributed by atoms with Gasteiger partial charge in [-0.2, -0.15) is 0 Å². The largest absolute Gasteiger partial charge is 0.573 e. The van der Waals surface area contributed by atoms with Crippen LogP contribution in [0.25, 0.3) is 0 Å². The minimum absolute atomic E-state index is 0.216. The smallest absolute Gasteiger partial charge is 0.398 e. The van der Waals surface area contributed by atoms with Crippen molar-refractivity contribution >= 4 is 25.4 Å². The first-order valence-electron chi connectivity index (χ1n) is 4.98. The quantitative estimate of drug-likeness (QED) is 0.480. The Balaban J connectivity index is 3.63. The van der Waals surface area contributed by atoms with E-state index in [1.54, 1.807) is 0 Å². The zero-order valence-corrected chi connectivity index (χ0v) is 11.3. The van der Waals surface area contributed by atoms with Gasteiger partial charge in [0.05, 0.1) is 15.4 Å². The lowest BCUT2D eigenvalue weighted by Crippen LogP contribution is -2.18. The van der Waals surface area contributed by atoms with Gasteiger partial charge in [0.15, 0.2) is 0 Å². The summed E-state index contributed by atoms with van der Waals surface area (Å²) in [7, 11) is 0.760. The monoisotopic (exact) mass is 333 g/mol. The summed E-state index contributed by atoms with van der Waals surface area (Å²) < 4.78 is 62.5. The summed E-state index contributed by atoms with van der Waals surface area (Å²) >= 11 is 0. The summed E-state index contributed by atoms with van der Waals surface area (Å²) in [5.41, 5.74) is -1.53. The number of halogens is 4. The third-order valence-electron chi connectivity index (χ3n) is 2.23. The van der Waals surface area contributed by atoms with Crippen molar-refractivity contribution in [2.75, 3.05) is 0 Å². The number of rotatable bonds is 4. The summed E-state index contributed by atoms with van der Waals surface area (Å²) in [6, 6.07) is 1.27. The fourth-order valence-corrected chi connectivity index (χ4v) is 2.77. The number of hydrogen-bond acceptors (Lipinski definition) is 5. The molecule has 0 bridgehead atoms. The second-order valence-corrected chi connectivity index (χ2v) is 6.02. The van der Waals surface area contributed by atoms with Gasteiger partial charge in [-0.1, -0.05) is 6.92 Å². The van der Waals surface area contributed by atoms with Crippen LogP contribution in [0.4, 0.5) is 18.9 Å². The molecule has 0 radical (unpaired) electrons. The van der Waals surface area contributed by atoms with E-state index in [2.05, 4.69) is 4.74 Å². The Kier molecular flexibility index (Phi) is 4.49. The molecule has 20 heavy (non-hydrogen) atoms. The van der Waals surface area contributed by atoms with Crippen LogP contribution in [0.2, 0.25) is 0 Å². The van der Waals surface area contributed by atoms with Gasteiger partial charge in [0.2, 0.25) is 5.75 Å². The molecule has 0 fully saturated rings. The Morgan fingerprint density at radius 2 is 1.95 bits per heavy atom. The Bertz CT molecular complexity index is 644. The highest BCUT2D eigenvalue weighted by atomic mass is 35.7. The van der Waals surface area contributed by atoms with Gasteiger partial charge in [0.25, 0.3) is 9.05 Å². The first-order valence-corrected chi connectivity index (χ1v) is 7.29. The minimum atomic E-state index is -5.14. The third-order valence-corrected chi connectivity index (χ3v) is 3.63. The van der Waals surface area contributed by atoms with Crippen LogP contribution in [-0.4, -0.2) is 19.7 Å². The number of alkyl halides is 3. The number of nitrogens with zero attached hydrogens (tertiary/aromatic N) is 1. The van der Waals surface area contributed by atoms with Gasteiger partial charge in [0.1, 0.15) is 0 Å². The molecule has 0 saturated heterocycles. The highest BCUT2D eigenvalue weighted by Crippen LogP contribution is 2.39. The van der Waals surface area contributed by atoms with E-state index in [0.717, 1.165) is 6.07 Å². The molecule has 1 aromatic carbocycles. The van der Waals surface area contributed by atoms with Crippen LogP contribution in [0.1, 0.15) is 12.5 Å². The van der Waals surface area contributed by atoms with E-state index < -0.39 is 42.2 Å². The van der Waals surface area contributed by atoms with Crippen molar-refractivity contribution in [2.45, 2.75) is 24.6 Å². The molecule has 0 aliphatic rings. The molecule has 0 N–H and O–H groups in total. The predicted octanol–water partition coefficient (Wildman–Crippen LogP) is 2.98. The molecule has 1 aromatic rings.